The van der Waals surface area contributed by atoms with Crippen LogP contribution in [0.15, 0.2) is 48.5 Å². The van der Waals surface area contributed by atoms with Crippen LogP contribution in [0.3, 0.4) is 0 Å². The molecule has 26 heteroatoms. The Kier molecular flexibility index (Phi) is 22.4. The van der Waals surface area contributed by atoms with Gasteiger partial charge in [-0.05, 0) is 73.9 Å². The zero-order chi connectivity index (χ0) is 53.8. The Morgan fingerprint density at radius 1 is 0.528 bits per heavy atom. The number of aliphatic carboxylic acids is 3. The molecule has 8 atom stereocenters. The highest BCUT2D eigenvalue weighted by Crippen LogP contribution is 2.16. The number of hydrogen-bond donors (Lipinski definition) is 14. The summed E-state index contributed by atoms with van der Waals surface area (Å²) in [5.74, 6) is -14.9. The Morgan fingerprint density at radius 3 is 1.36 bits per heavy atom. The summed E-state index contributed by atoms with van der Waals surface area (Å²) >= 11 is 0. The number of carboxylic acid groups (broad SMARTS) is 3. The van der Waals surface area contributed by atoms with Gasteiger partial charge in [0, 0.05) is 32.1 Å². The summed E-state index contributed by atoms with van der Waals surface area (Å²) in [6.07, 6.45) is -5.58. The second-order valence-electron chi connectivity index (χ2n) is 17.5. The van der Waals surface area contributed by atoms with Crippen molar-refractivity contribution in [2.45, 2.75) is 133 Å². The molecule has 0 bridgehead atoms. The van der Waals surface area contributed by atoms with Crippen molar-refractivity contribution in [1.29, 1.82) is 0 Å². The molecule has 1 fully saturated rings. The van der Waals surface area contributed by atoms with E-state index in [0.29, 0.717) is 11.1 Å². The Balaban J connectivity index is 2.18. The van der Waals surface area contributed by atoms with Crippen LogP contribution in [-0.2, 0) is 70.4 Å². The molecule has 1 saturated heterocycles. The molecule has 1 heterocycles. The van der Waals surface area contributed by atoms with E-state index in [-0.39, 0.29) is 36.7 Å². The lowest BCUT2D eigenvalue weighted by atomic mass is 10.0. The molecule has 2 aromatic rings. The van der Waals surface area contributed by atoms with E-state index in [1.807, 2.05) is 0 Å². The van der Waals surface area contributed by atoms with E-state index < -0.39 is 164 Å². The van der Waals surface area contributed by atoms with Crippen LogP contribution in [0.5, 0.6) is 11.5 Å². The molecular formula is C46H61N9O17. The van der Waals surface area contributed by atoms with E-state index in [1.165, 1.54) is 55.5 Å². The highest BCUT2D eigenvalue weighted by Gasteiger charge is 2.36. The number of phenolic OH excluding ortho intramolecular Hbond substituents is 2. The number of primary amides is 1. The third-order valence-electron chi connectivity index (χ3n) is 11.0. The highest BCUT2D eigenvalue weighted by atomic mass is 16.4. The molecule has 2 aromatic carbocycles. The van der Waals surface area contributed by atoms with Gasteiger partial charge in [0.2, 0.25) is 53.2 Å². The lowest BCUT2D eigenvalue weighted by Gasteiger charge is -2.28. The number of carboxylic acids is 3. The first-order valence-electron chi connectivity index (χ1n) is 22.7. The normalized spacial score (nSPS) is 23.7. The van der Waals surface area contributed by atoms with Crippen molar-refractivity contribution in [3.63, 3.8) is 0 Å². The summed E-state index contributed by atoms with van der Waals surface area (Å²) in [4.78, 5) is 159. The molecule has 72 heavy (non-hydrogen) atoms. The molecule has 0 spiro atoms. The average molecular weight is 1010 g/mol. The van der Waals surface area contributed by atoms with Crippen molar-refractivity contribution in [1.82, 2.24) is 42.5 Å². The van der Waals surface area contributed by atoms with E-state index >= 15 is 0 Å². The molecule has 26 nitrogen and oxygen atoms in total. The van der Waals surface area contributed by atoms with Crippen LogP contribution in [0.4, 0.5) is 0 Å². The van der Waals surface area contributed by atoms with E-state index in [4.69, 9.17) is 5.73 Å². The first kappa shape index (κ1) is 58.0. The zero-order valence-electron chi connectivity index (χ0n) is 39.6. The fraction of sp³-hybridized carbons (Fsp3) is 0.478. The first-order valence-corrected chi connectivity index (χ1v) is 22.7. The number of nitrogens with two attached hydrogens (primary N) is 1. The third-order valence-corrected chi connectivity index (χ3v) is 11.0. The van der Waals surface area contributed by atoms with Gasteiger partial charge in [-0.2, -0.15) is 0 Å². The van der Waals surface area contributed by atoms with Crippen LogP contribution in [0, 0.1) is 5.92 Å². The zero-order valence-corrected chi connectivity index (χ0v) is 39.6. The average Bonchev–Trinajstić information content (AvgIpc) is 3.29. The lowest BCUT2D eigenvalue weighted by molar-refractivity contribution is -0.142. The number of carbonyl (C=O) groups excluding carboxylic acids is 9. The fourth-order valence-corrected chi connectivity index (χ4v) is 7.18. The lowest BCUT2D eigenvalue weighted by Crippen LogP contribution is -2.60. The molecule has 392 valence electrons. The van der Waals surface area contributed by atoms with Crippen molar-refractivity contribution in [3.05, 3.63) is 59.7 Å². The van der Waals surface area contributed by atoms with Gasteiger partial charge in [-0.1, -0.05) is 38.1 Å². The van der Waals surface area contributed by atoms with Crippen LogP contribution in [0.25, 0.3) is 0 Å². The maximum atomic E-state index is 14.2. The van der Waals surface area contributed by atoms with Gasteiger partial charge < -0.3 is 73.8 Å². The van der Waals surface area contributed by atoms with E-state index in [0.717, 1.165) is 0 Å². The maximum Gasteiger partial charge on any atom is 0.305 e. The Hall–Kier alpha value is -8.32. The predicted molar refractivity (Wildman–Crippen MR) is 249 cm³/mol. The van der Waals surface area contributed by atoms with Crippen molar-refractivity contribution in [2.75, 3.05) is 0 Å². The second-order valence-corrected chi connectivity index (χ2v) is 17.5. The van der Waals surface area contributed by atoms with Crippen LogP contribution >= 0.6 is 0 Å². The second kappa shape index (κ2) is 27.8. The minimum Gasteiger partial charge on any atom is -0.508 e. The molecule has 3 rings (SSSR count). The quantitative estimate of drug-likeness (QED) is 0.0864. The van der Waals surface area contributed by atoms with Gasteiger partial charge in [0.15, 0.2) is 0 Å². The number of amides is 9. The molecule has 0 saturated carbocycles. The van der Waals surface area contributed by atoms with Gasteiger partial charge in [-0.15, -0.1) is 0 Å². The Labute approximate surface area is 412 Å². The van der Waals surface area contributed by atoms with Crippen LogP contribution in [-0.4, -0.2) is 145 Å². The van der Waals surface area contributed by atoms with Crippen molar-refractivity contribution < 1.29 is 83.1 Å². The van der Waals surface area contributed by atoms with E-state index in [9.17, 15) is 83.1 Å². The molecule has 0 aromatic heterocycles. The molecule has 15 N–H and O–H groups in total. The third kappa shape index (κ3) is 20.0. The number of carbonyl (C=O) groups is 12. The van der Waals surface area contributed by atoms with Crippen molar-refractivity contribution in [2.24, 2.45) is 11.7 Å². The maximum absolute atomic E-state index is 14.2. The molecule has 0 unspecified atom stereocenters. The van der Waals surface area contributed by atoms with Gasteiger partial charge in [-0.3, -0.25) is 57.5 Å². The molecule has 1 aliphatic rings. The van der Waals surface area contributed by atoms with E-state index in [2.05, 4.69) is 42.5 Å². The standard InChI is InChI=1S/C46H61N9O17/c1-22(2)18-31-43(69)52-30(14-17-37(61)62)42(68)50-28(39(47)65)12-15-35(58)49-32(19-24-4-8-26(56)9-5-24)44(70)54-33(20-25-6-10-27(57)11-7-25)45(71)55-34(21-38(63)64)46(72)51-29(13-16-36(59)60)41(67)48-23(3)40(66)53-31/h4-11,22-23,28-34,56-57H,12-21H2,1-3H3,(H2,47,65)(H,48,67)(H,49,58)(H,50,68)(H,51,72)(H,52,69)(H,53,66)(H,54,70)(H,55,71)(H,59,60)(H,61,62)(H,63,64)/t23-,28-,29-,30-,31-,32-,33-,34-/m0/s1. The summed E-state index contributed by atoms with van der Waals surface area (Å²) in [6.45, 7) is 4.52. The summed E-state index contributed by atoms with van der Waals surface area (Å²) in [5.41, 5.74) is 6.28. The predicted octanol–water partition coefficient (Wildman–Crippen LogP) is -2.69. The van der Waals surface area contributed by atoms with E-state index in [1.54, 1.807) is 13.8 Å². The number of hydrogen-bond acceptors (Lipinski definition) is 14. The Morgan fingerprint density at radius 2 is 0.917 bits per heavy atom. The molecule has 0 radical (unpaired) electrons. The number of phenols is 2. The smallest absolute Gasteiger partial charge is 0.305 e. The largest absolute Gasteiger partial charge is 0.508 e. The number of benzene rings is 2. The Bertz CT molecular complexity index is 2330. The summed E-state index contributed by atoms with van der Waals surface area (Å²) in [5, 5.41) is 67.4. The van der Waals surface area contributed by atoms with Gasteiger partial charge in [0.1, 0.15) is 59.8 Å². The number of nitrogens with one attached hydrogen (secondary N) is 8. The topological polar surface area (TPSA) is 428 Å². The van der Waals surface area contributed by atoms with Gasteiger partial charge in [-0.25, -0.2) is 0 Å². The molecule has 0 aliphatic carbocycles. The minimum atomic E-state index is -2.01. The number of aromatic hydroxyl groups is 2. The first-order chi connectivity index (χ1) is 33.8. The van der Waals surface area contributed by atoms with Crippen LogP contribution in [0.2, 0.25) is 0 Å². The SMILES string of the molecule is CC(C)C[C@@H]1NC(=O)[C@H](C)NC(=O)[C@H](CCC(=O)O)NC(=O)[C@H](CC(=O)O)NC(=O)[C@H](Cc2ccc(O)cc2)NC(=O)[C@H](Cc2ccc(O)cc2)NC(=O)CC[C@@H](C(N)=O)NC(=O)[C@H](CCC(=O)O)NC1=O. The minimum absolute atomic E-state index is 0.0833. The molecular weight excluding hydrogens is 951 g/mol. The van der Waals surface area contributed by atoms with Gasteiger partial charge >= 0.3 is 17.9 Å². The van der Waals surface area contributed by atoms with Crippen molar-refractivity contribution in [3.8, 4) is 11.5 Å². The highest BCUT2D eigenvalue weighted by molar-refractivity contribution is 5.99. The van der Waals surface area contributed by atoms with Gasteiger partial charge in [0.25, 0.3) is 0 Å². The van der Waals surface area contributed by atoms with Crippen molar-refractivity contribution >= 4 is 71.1 Å². The van der Waals surface area contributed by atoms with Gasteiger partial charge in [0.05, 0.1) is 6.42 Å². The molecule has 9 amide bonds. The van der Waals surface area contributed by atoms with Crippen LogP contribution < -0.4 is 48.3 Å². The summed E-state index contributed by atoms with van der Waals surface area (Å²) in [7, 11) is 0. The monoisotopic (exact) mass is 1010 g/mol. The molecule has 1 aliphatic heterocycles. The van der Waals surface area contributed by atoms with Crippen LogP contribution in [0.1, 0.15) is 83.3 Å². The number of rotatable bonds is 15. The fourth-order valence-electron chi connectivity index (χ4n) is 7.18. The summed E-state index contributed by atoms with van der Waals surface area (Å²) < 4.78 is 0. The summed E-state index contributed by atoms with van der Waals surface area (Å²) in [6, 6.07) is -2.60.